The summed E-state index contributed by atoms with van der Waals surface area (Å²) >= 11 is 12.2. The van der Waals surface area contributed by atoms with Gasteiger partial charge in [0.25, 0.3) is 0 Å². The van der Waals surface area contributed by atoms with Gasteiger partial charge in [-0.25, -0.2) is 0 Å². The zero-order valence-electron chi connectivity index (χ0n) is 13.9. The summed E-state index contributed by atoms with van der Waals surface area (Å²) in [5.41, 5.74) is 0. The second-order valence-corrected chi connectivity index (χ2v) is 15.6. The molecule has 0 atom stereocenters. The molecule has 0 spiro atoms. The van der Waals surface area contributed by atoms with Crippen molar-refractivity contribution in [1.29, 1.82) is 0 Å². The van der Waals surface area contributed by atoms with Crippen LogP contribution in [-0.4, -0.2) is 15.3 Å². The fourth-order valence-corrected chi connectivity index (χ4v) is 12.2. The highest BCUT2D eigenvalue weighted by Gasteiger charge is 2.33. The van der Waals surface area contributed by atoms with Crippen LogP contribution in [0.4, 0.5) is 0 Å². The number of benzene rings is 3. The fraction of sp³-hybridized carbons (Fsp3) is 0. The molecular weight excluding hydrogens is 1070 g/mol. The van der Waals surface area contributed by atoms with E-state index in [2.05, 4.69) is 0 Å². The van der Waals surface area contributed by atoms with E-state index in [0.717, 1.165) is 0 Å². The van der Waals surface area contributed by atoms with Crippen molar-refractivity contribution in [2.45, 2.75) is 0 Å². The Balaban J connectivity index is 2.44. The lowest BCUT2D eigenvalue weighted by Gasteiger charge is -2.23. The summed E-state index contributed by atoms with van der Waals surface area (Å²) in [6, 6.07) is 10.4. The predicted octanol–water partition coefficient (Wildman–Crippen LogP) is 6.07. The van der Waals surface area contributed by atoms with Crippen LogP contribution in [0.5, 0.6) is 17.2 Å². The Kier molecular flexibility index (Phi) is 8.62. The Morgan fingerprint density at radius 3 is 0.828 bits per heavy atom. The molecule has 0 aliphatic carbocycles. The van der Waals surface area contributed by atoms with Crippen LogP contribution >= 0.6 is 143 Å². The van der Waals surface area contributed by atoms with E-state index in [1.54, 1.807) is 36.4 Å². The van der Waals surface area contributed by atoms with Gasteiger partial charge in [0.2, 0.25) is 0 Å². The highest BCUT2D eigenvalue weighted by Crippen LogP contribution is 2.47. The summed E-state index contributed by atoms with van der Waals surface area (Å²) < 4.78 is 18.4. The molecule has 152 valence electrons. The molecule has 11 heteroatoms. The summed E-state index contributed by atoms with van der Waals surface area (Å²) in [6.45, 7) is 0. The van der Waals surface area contributed by atoms with Crippen LogP contribution in [0.3, 0.4) is 0 Å². The normalized spacial score (nSPS) is 11.7. The Bertz CT molecular complexity index is 982. The molecule has 0 heterocycles. The topological polar surface area (TPSA) is 77.8 Å². The monoisotopic (exact) mass is 1080 g/mol. The van der Waals surface area contributed by atoms with E-state index in [-0.39, 0.29) is 17.2 Å². The summed E-state index contributed by atoms with van der Waals surface area (Å²) in [6.07, 6.45) is 0. The average molecular weight is 1080 g/mol. The van der Waals surface area contributed by atoms with Gasteiger partial charge >= 0.3 is 0 Å². The van der Waals surface area contributed by atoms with Crippen LogP contribution in [0.15, 0.2) is 36.4 Å². The van der Waals surface area contributed by atoms with Crippen LogP contribution in [-0.2, 0) is 4.57 Å². The molecule has 3 rings (SSSR count). The number of hydrogen-bond donors (Lipinski definition) is 3. The Labute approximate surface area is 249 Å². The van der Waals surface area contributed by atoms with Gasteiger partial charge in [-0.1, -0.05) is 0 Å². The van der Waals surface area contributed by atoms with Crippen LogP contribution in [0.2, 0.25) is 0 Å². The van der Waals surface area contributed by atoms with Crippen molar-refractivity contribution in [1.82, 2.24) is 0 Å². The van der Waals surface area contributed by atoms with Crippen LogP contribution in [0.25, 0.3) is 0 Å². The fourth-order valence-electron chi connectivity index (χ4n) is 2.65. The lowest BCUT2D eigenvalue weighted by molar-refractivity contribution is 0.467. The molecule has 0 aromatic heterocycles. The number of phenols is 3. The second-order valence-electron chi connectivity index (χ2n) is 5.88. The quantitative estimate of drug-likeness (QED) is 0.220. The first-order chi connectivity index (χ1) is 13.5. The lowest BCUT2D eigenvalue weighted by atomic mass is 10.3. The molecule has 3 aromatic rings. The van der Waals surface area contributed by atoms with Gasteiger partial charge in [-0.15, -0.1) is 0 Å². The van der Waals surface area contributed by atoms with E-state index < -0.39 is 7.14 Å². The highest BCUT2D eigenvalue weighted by molar-refractivity contribution is 14.1. The van der Waals surface area contributed by atoms with Gasteiger partial charge in [0.1, 0.15) is 17.2 Å². The first-order valence-corrected chi connectivity index (χ1v) is 15.8. The Morgan fingerprint density at radius 2 is 0.655 bits per heavy atom. The van der Waals surface area contributed by atoms with Gasteiger partial charge in [-0.3, -0.25) is 0 Å². The zero-order valence-corrected chi connectivity index (χ0v) is 27.8. The van der Waals surface area contributed by atoms with E-state index >= 15 is 0 Å². The number of phenolic OH excluding ortho intramolecular Hbond substituents is 3. The SMILES string of the molecule is O=P(c1cc(I)c(O)c(I)c1)(c1cc(I)c(O)c(I)c1)c1cc(I)c(O)c(I)c1. The molecule has 3 N–H and O–H groups in total. The molecule has 0 radical (unpaired) electrons. The van der Waals surface area contributed by atoms with Crippen molar-refractivity contribution in [3.63, 3.8) is 0 Å². The van der Waals surface area contributed by atoms with Gasteiger partial charge in [0.15, 0.2) is 7.14 Å². The van der Waals surface area contributed by atoms with Crippen molar-refractivity contribution in [2.75, 3.05) is 0 Å². The van der Waals surface area contributed by atoms with Gasteiger partial charge in [-0.2, -0.15) is 0 Å². The predicted molar refractivity (Wildman–Crippen MR) is 167 cm³/mol. The van der Waals surface area contributed by atoms with E-state index in [1.165, 1.54) is 0 Å². The number of halogens is 6. The largest absolute Gasteiger partial charge is 0.506 e. The molecule has 0 unspecified atom stereocenters. The molecular formula is C18H9I6O4P. The molecule has 0 fully saturated rings. The maximum absolute atomic E-state index is 14.8. The maximum atomic E-state index is 14.8. The number of hydrogen-bond acceptors (Lipinski definition) is 4. The zero-order chi connectivity index (χ0) is 21.7. The molecule has 3 aromatic carbocycles. The van der Waals surface area contributed by atoms with Gasteiger partial charge in [-0.05, 0) is 172 Å². The Morgan fingerprint density at radius 1 is 0.483 bits per heavy atom. The minimum Gasteiger partial charge on any atom is -0.506 e. The van der Waals surface area contributed by atoms with Gasteiger partial charge in [0.05, 0.1) is 21.4 Å². The lowest BCUT2D eigenvalue weighted by Crippen LogP contribution is -2.27. The van der Waals surface area contributed by atoms with Crippen molar-refractivity contribution in [2.24, 2.45) is 0 Å². The van der Waals surface area contributed by atoms with Crippen molar-refractivity contribution in [3.8, 4) is 17.2 Å². The second kappa shape index (κ2) is 9.89. The third-order valence-corrected chi connectivity index (χ3v) is 12.0. The molecule has 0 bridgehead atoms. The van der Waals surface area contributed by atoms with Crippen molar-refractivity contribution < 1.29 is 19.9 Å². The van der Waals surface area contributed by atoms with Crippen LogP contribution in [0, 0.1) is 21.4 Å². The van der Waals surface area contributed by atoms with Crippen LogP contribution in [0.1, 0.15) is 0 Å². The average Bonchev–Trinajstić information content (AvgIpc) is 2.66. The van der Waals surface area contributed by atoms with Crippen LogP contribution < -0.4 is 15.9 Å². The summed E-state index contributed by atoms with van der Waals surface area (Å²) in [5, 5.41) is 32.4. The standard InChI is InChI=1S/C18H9I6O4P/c19-10-1-7(2-11(20)16(10)25)29(28,8-3-12(21)17(26)13(22)4-8)9-5-14(23)18(27)15(24)6-9/h1-6,25-27H. The van der Waals surface area contributed by atoms with E-state index in [0.29, 0.717) is 37.3 Å². The van der Waals surface area contributed by atoms with E-state index in [4.69, 9.17) is 0 Å². The van der Waals surface area contributed by atoms with Gasteiger partial charge in [0, 0.05) is 15.9 Å². The summed E-state index contributed by atoms with van der Waals surface area (Å²) in [4.78, 5) is 0. The minimum atomic E-state index is -3.36. The highest BCUT2D eigenvalue weighted by atomic mass is 127. The number of rotatable bonds is 3. The third kappa shape index (κ3) is 4.96. The third-order valence-electron chi connectivity index (χ3n) is 4.10. The molecule has 0 aliphatic rings. The van der Waals surface area contributed by atoms with Gasteiger partial charge < -0.3 is 19.9 Å². The number of aromatic hydroxyl groups is 3. The van der Waals surface area contributed by atoms with Crippen molar-refractivity contribution >= 4 is 159 Å². The molecule has 0 aliphatic heterocycles. The summed E-state index contributed by atoms with van der Waals surface area (Å²) in [5.74, 6) is 0.476. The van der Waals surface area contributed by atoms with E-state index in [1.807, 2.05) is 136 Å². The smallest absolute Gasteiger partial charge is 0.171 e. The van der Waals surface area contributed by atoms with E-state index in [9.17, 15) is 19.9 Å². The first kappa shape index (κ1) is 25.3. The first-order valence-electron chi connectivity index (χ1n) is 7.62. The molecule has 29 heavy (non-hydrogen) atoms. The molecule has 0 saturated carbocycles. The summed E-state index contributed by atoms with van der Waals surface area (Å²) in [7, 11) is -3.36. The molecule has 0 saturated heterocycles. The minimum absolute atomic E-state index is 0.159. The molecule has 0 amide bonds. The maximum Gasteiger partial charge on any atom is 0.171 e. The van der Waals surface area contributed by atoms with Crippen molar-refractivity contribution in [3.05, 3.63) is 57.8 Å². The Hall–Kier alpha value is 1.67. The molecule has 4 nitrogen and oxygen atoms in total.